The number of aryl methyl sites for hydroxylation is 1. The first-order chi connectivity index (χ1) is 13.8. The molecule has 3 aromatic rings. The maximum atomic E-state index is 13.4. The van der Waals surface area contributed by atoms with Gasteiger partial charge in [0.15, 0.2) is 10.9 Å². The lowest BCUT2D eigenvalue weighted by atomic mass is 9.92. The van der Waals surface area contributed by atoms with Crippen molar-refractivity contribution in [1.29, 1.82) is 0 Å². The number of rotatable bonds is 4. The minimum Gasteiger partial charge on any atom is -0.445 e. The number of piperidine rings is 1. The highest BCUT2D eigenvalue weighted by Gasteiger charge is 2.35. The van der Waals surface area contributed by atoms with E-state index in [1.54, 1.807) is 26.2 Å². The molecule has 0 aromatic carbocycles. The van der Waals surface area contributed by atoms with Crippen LogP contribution in [0.5, 0.6) is 0 Å². The van der Waals surface area contributed by atoms with Crippen molar-refractivity contribution in [3.63, 3.8) is 0 Å². The third-order valence-electron chi connectivity index (χ3n) is 5.36. The fourth-order valence-electron chi connectivity index (χ4n) is 3.84. The summed E-state index contributed by atoms with van der Waals surface area (Å²) in [5.74, 6) is 1.16. The predicted octanol–water partition coefficient (Wildman–Crippen LogP) is 3.26. The molecular formula is C20H25N5O3S. The van der Waals surface area contributed by atoms with Gasteiger partial charge >= 0.3 is 0 Å². The monoisotopic (exact) mass is 415 g/mol. The highest BCUT2D eigenvalue weighted by atomic mass is 32.1. The van der Waals surface area contributed by atoms with Crippen molar-refractivity contribution < 1.29 is 14.3 Å². The van der Waals surface area contributed by atoms with Gasteiger partial charge in [-0.15, -0.1) is 16.1 Å². The van der Waals surface area contributed by atoms with Gasteiger partial charge in [0.05, 0.1) is 23.9 Å². The molecule has 0 aliphatic carbocycles. The molecule has 1 N–H and O–H groups in total. The number of oxazole rings is 1. The van der Waals surface area contributed by atoms with Crippen LogP contribution in [0.2, 0.25) is 0 Å². The molecule has 154 valence electrons. The van der Waals surface area contributed by atoms with Crippen LogP contribution >= 0.6 is 11.3 Å². The molecule has 1 aliphatic heterocycles. The Morgan fingerprint density at radius 2 is 2.03 bits per heavy atom. The summed E-state index contributed by atoms with van der Waals surface area (Å²) < 4.78 is 5.89. The van der Waals surface area contributed by atoms with Gasteiger partial charge in [-0.3, -0.25) is 4.79 Å². The van der Waals surface area contributed by atoms with Crippen LogP contribution in [0.15, 0.2) is 28.3 Å². The Bertz CT molecular complexity index is 1000. The Kier molecular flexibility index (Phi) is 5.04. The van der Waals surface area contributed by atoms with Crippen LogP contribution in [0.25, 0.3) is 5.00 Å². The van der Waals surface area contributed by atoms with Gasteiger partial charge in [0.2, 0.25) is 0 Å². The second kappa shape index (κ2) is 7.38. The van der Waals surface area contributed by atoms with Crippen LogP contribution in [-0.4, -0.2) is 48.5 Å². The Morgan fingerprint density at radius 1 is 1.31 bits per heavy atom. The van der Waals surface area contributed by atoms with E-state index in [2.05, 4.69) is 22.1 Å². The number of hydrogen-bond donors (Lipinski definition) is 1. The minimum atomic E-state index is -1.06. The molecule has 0 radical (unpaired) electrons. The fourth-order valence-corrected chi connectivity index (χ4v) is 4.65. The topological polar surface area (TPSA) is 97.3 Å². The number of likely N-dealkylation sites (tertiary alicyclic amines) is 1. The standard InChI is InChI=1S/C20H25N5O3S/c1-12-5-6-14(17-23-16(13(2)28-17)20(3,4)27)11-24(12)18(26)15-7-10-29-19(15)25-21-8-9-22-25/h7-10,12,14,27H,5-6,11H2,1-4H3/t12-,14-/m1/s1. The second-order valence-corrected chi connectivity index (χ2v) is 8.95. The van der Waals surface area contributed by atoms with Gasteiger partial charge in [0.25, 0.3) is 5.91 Å². The Labute approximate surface area is 173 Å². The van der Waals surface area contributed by atoms with Gasteiger partial charge in [-0.25, -0.2) is 4.98 Å². The van der Waals surface area contributed by atoms with Crippen LogP contribution in [0, 0.1) is 6.92 Å². The van der Waals surface area contributed by atoms with Crippen LogP contribution < -0.4 is 0 Å². The van der Waals surface area contributed by atoms with Crippen LogP contribution in [0.4, 0.5) is 0 Å². The molecule has 0 unspecified atom stereocenters. The van der Waals surface area contributed by atoms with Gasteiger partial charge in [-0.2, -0.15) is 10.2 Å². The van der Waals surface area contributed by atoms with Crippen molar-refractivity contribution >= 4 is 17.2 Å². The van der Waals surface area contributed by atoms with E-state index in [0.717, 1.165) is 12.8 Å². The first-order valence-corrected chi connectivity index (χ1v) is 10.6. The molecule has 4 rings (SSSR count). The van der Waals surface area contributed by atoms with E-state index in [0.29, 0.717) is 34.5 Å². The Balaban J connectivity index is 1.59. The normalized spacial score (nSPS) is 20.2. The molecule has 3 aromatic heterocycles. The largest absolute Gasteiger partial charge is 0.445 e. The third kappa shape index (κ3) is 3.72. The van der Waals surface area contributed by atoms with Gasteiger partial charge in [0, 0.05) is 12.6 Å². The van der Waals surface area contributed by atoms with Crippen molar-refractivity contribution in [2.75, 3.05) is 6.54 Å². The summed E-state index contributed by atoms with van der Waals surface area (Å²) in [6, 6.07) is 1.94. The number of aromatic nitrogens is 4. The van der Waals surface area contributed by atoms with Gasteiger partial charge in [0.1, 0.15) is 17.1 Å². The Hall–Kier alpha value is -2.52. The lowest BCUT2D eigenvalue weighted by molar-refractivity contribution is 0.0595. The van der Waals surface area contributed by atoms with Gasteiger partial charge < -0.3 is 14.4 Å². The molecule has 0 bridgehead atoms. The molecule has 1 fully saturated rings. The van der Waals surface area contributed by atoms with Crippen LogP contribution in [0.1, 0.15) is 67.2 Å². The summed E-state index contributed by atoms with van der Waals surface area (Å²) in [6.45, 7) is 7.79. The molecule has 1 amide bonds. The Morgan fingerprint density at radius 3 is 2.69 bits per heavy atom. The van der Waals surface area contributed by atoms with E-state index in [1.165, 1.54) is 16.1 Å². The summed E-state index contributed by atoms with van der Waals surface area (Å²) in [6.07, 6.45) is 4.93. The predicted molar refractivity (Wildman–Crippen MR) is 108 cm³/mol. The summed E-state index contributed by atoms with van der Waals surface area (Å²) in [5.41, 5.74) is 0.0828. The number of carbonyl (C=O) groups excluding carboxylic acids is 1. The lowest BCUT2D eigenvalue weighted by Crippen LogP contribution is -2.45. The van der Waals surface area contributed by atoms with E-state index >= 15 is 0 Å². The van der Waals surface area contributed by atoms with Crippen molar-refractivity contribution in [3.8, 4) is 5.00 Å². The maximum absolute atomic E-state index is 13.4. The van der Waals surface area contributed by atoms with Crippen LogP contribution in [0.3, 0.4) is 0 Å². The zero-order valence-electron chi connectivity index (χ0n) is 17.0. The molecule has 0 saturated carbocycles. The van der Waals surface area contributed by atoms with Gasteiger partial charge in [-0.05, 0) is 52.0 Å². The molecular weight excluding hydrogens is 390 g/mol. The number of thiophene rings is 1. The number of hydrogen-bond acceptors (Lipinski definition) is 7. The molecule has 0 spiro atoms. The summed E-state index contributed by atoms with van der Waals surface area (Å²) >= 11 is 1.44. The highest BCUT2D eigenvalue weighted by Crippen LogP contribution is 2.34. The van der Waals surface area contributed by atoms with Crippen molar-refractivity contribution in [2.45, 2.75) is 58.1 Å². The summed E-state index contributed by atoms with van der Waals surface area (Å²) in [4.78, 5) is 21.3. The van der Waals surface area contributed by atoms with E-state index in [4.69, 9.17) is 4.42 Å². The van der Waals surface area contributed by atoms with Crippen molar-refractivity contribution in [2.24, 2.45) is 0 Å². The summed E-state index contributed by atoms with van der Waals surface area (Å²) in [5, 5.41) is 21.2. The quantitative estimate of drug-likeness (QED) is 0.702. The molecule has 1 aliphatic rings. The number of amides is 1. The smallest absolute Gasteiger partial charge is 0.257 e. The van der Waals surface area contributed by atoms with E-state index < -0.39 is 5.60 Å². The van der Waals surface area contributed by atoms with Gasteiger partial charge in [-0.1, -0.05) is 0 Å². The lowest BCUT2D eigenvalue weighted by Gasteiger charge is -2.37. The third-order valence-corrected chi connectivity index (χ3v) is 6.24. The number of aliphatic hydroxyl groups is 1. The first kappa shape index (κ1) is 19.8. The molecule has 4 heterocycles. The average molecular weight is 416 g/mol. The molecule has 9 heteroatoms. The SMILES string of the molecule is Cc1oc([C@@H]2CC[C@@H](C)N(C(=O)c3ccsc3-n3nccn3)C2)nc1C(C)(C)O. The van der Waals surface area contributed by atoms with E-state index in [9.17, 15) is 9.90 Å². The van der Waals surface area contributed by atoms with E-state index in [1.807, 2.05) is 23.3 Å². The van der Waals surface area contributed by atoms with Crippen LogP contribution in [-0.2, 0) is 5.60 Å². The fraction of sp³-hybridized carbons (Fsp3) is 0.500. The molecule has 2 atom stereocenters. The molecule has 29 heavy (non-hydrogen) atoms. The molecule has 8 nitrogen and oxygen atoms in total. The van der Waals surface area contributed by atoms with E-state index in [-0.39, 0.29) is 17.9 Å². The molecule has 1 saturated heterocycles. The first-order valence-electron chi connectivity index (χ1n) is 9.71. The van der Waals surface area contributed by atoms with Crippen molar-refractivity contribution in [3.05, 3.63) is 46.7 Å². The van der Waals surface area contributed by atoms with Crippen molar-refractivity contribution in [1.82, 2.24) is 24.9 Å². The number of carbonyl (C=O) groups is 1. The second-order valence-electron chi connectivity index (χ2n) is 8.05. The minimum absolute atomic E-state index is 0.00476. The summed E-state index contributed by atoms with van der Waals surface area (Å²) in [7, 11) is 0. The highest BCUT2D eigenvalue weighted by molar-refractivity contribution is 7.12. The number of nitrogens with zero attached hydrogens (tertiary/aromatic N) is 5. The maximum Gasteiger partial charge on any atom is 0.257 e. The zero-order valence-corrected chi connectivity index (χ0v) is 17.8. The average Bonchev–Trinajstić information content (AvgIpc) is 3.40. The zero-order chi connectivity index (χ0) is 20.8.